The molecule has 1 heterocycles. The molecule has 0 bridgehead atoms. The SMILES string of the molecule is CNc1cccc(COc2ccc(C)cc2C)n1. The Hall–Kier alpha value is -2.03. The highest BCUT2D eigenvalue weighted by molar-refractivity contribution is 5.36. The van der Waals surface area contributed by atoms with Crippen LogP contribution >= 0.6 is 0 Å². The zero-order valence-corrected chi connectivity index (χ0v) is 11.0. The predicted octanol–water partition coefficient (Wildman–Crippen LogP) is 3.32. The topological polar surface area (TPSA) is 34.1 Å². The number of pyridine rings is 1. The Morgan fingerprint density at radius 3 is 2.72 bits per heavy atom. The molecule has 2 aromatic rings. The molecule has 0 saturated carbocycles. The van der Waals surface area contributed by atoms with Gasteiger partial charge in [0.05, 0.1) is 5.69 Å². The van der Waals surface area contributed by atoms with Crippen molar-refractivity contribution in [1.29, 1.82) is 0 Å². The molecule has 0 unspecified atom stereocenters. The lowest BCUT2D eigenvalue weighted by atomic mass is 10.1. The predicted molar refractivity (Wildman–Crippen MR) is 74.0 cm³/mol. The molecule has 18 heavy (non-hydrogen) atoms. The molecular weight excluding hydrogens is 224 g/mol. The van der Waals surface area contributed by atoms with E-state index >= 15 is 0 Å². The van der Waals surface area contributed by atoms with Gasteiger partial charge in [0.1, 0.15) is 18.2 Å². The minimum atomic E-state index is 0.486. The maximum absolute atomic E-state index is 5.79. The van der Waals surface area contributed by atoms with Crippen molar-refractivity contribution >= 4 is 5.82 Å². The fraction of sp³-hybridized carbons (Fsp3) is 0.267. The summed E-state index contributed by atoms with van der Waals surface area (Å²) in [5.41, 5.74) is 3.32. The van der Waals surface area contributed by atoms with Gasteiger partial charge in [-0.05, 0) is 37.6 Å². The van der Waals surface area contributed by atoms with Crippen LogP contribution in [0.2, 0.25) is 0 Å². The summed E-state index contributed by atoms with van der Waals surface area (Å²) in [4.78, 5) is 4.42. The molecule has 2 rings (SSSR count). The van der Waals surface area contributed by atoms with E-state index in [0.29, 0.717) is 6.61 Å². The zero-order valence-electron chi connectivity index (χ0n) is 11.0. The van der Waals surface area contributed by atoms with Crippen LogP contribution in [0.5, 0.6) is 5.75 Å². The van der Waals surface area contributed by atoms with E-state index < -0.39 is 0 Å². The van der Waals surface area contributed by atoms with Gasteiger partial charge >= 0.3 is 0 Å². The summed E-state index contributed by atoms with van der Waals surface area (Å²) in [6.45, 7) is 4.62. The van der Waals surface area contributed by atoms with E-state index in [2.05, 4.69) is 36.3 Å². The van der Waals surface area contributed by atoms with Crippen LogP contribution in [0.1, 0.15) is 16.8 Å². The Balaban J connectivity index is 2.06. The van der Waals surface area contributed by atoms with Crippen molar-refractivity contribution in [2.75, 3.05) is 12.4 Å². The van der Waals surface area contributed by atoms with E-state index in [0.717, 1.165) is 22.8 Å². The van der Waals surface area contributed by atoms with Crippen LogP contribution in [0.25, 0.3) is 0 Å². The van der Waals surface area contributed by atoms with Gasteiger partial charge in [0, 0.05) is 7.05 Å². The average Bonchev–Trinajstić information content (AvgIpc) is 2.38. The molecule has 0 aliphatic heterocycles. The number of aryl methyl sites for hydroxylation is 2. The van der Waals surface area contributed by atoms with Crippen molar-refractivity contribution in [3.05, 3.63) is 53.2 Å². The van der Waals surface area contributed by atoms with Crippen molar-refractivity contribution < 1.29 is 4.74 Å². The number of nitrogens with one attached hydrogen (secondary N) is 1. The number of rotatable bonds is 4. The molecule has 3 nitrogen and oxygen atoms in total. The molecule has 94 valence electrons. The fourth-order valence-corrected chi connectivity index (χ4v) is 1.81. The largest absolute Gasteiger partial charge is 0.487 e. The van der Waals surface area contributed by atoms with Gasteiger partial charge in [-0.25, -0.2) is 4.98 Å². The second-order valence-electron chi connectivity index (χ2n) is 4.32. The van der Waals surface area contributed by atoms with Crippen LogP contribution in [0.3, 0.4) is 0 Å². The molecule has 0 amide bonds. The van der Waals surface area contributed by atoms with Crippen molar-refractivity contribution in [2.24, 2.45) is 0 Å². The Morgan fingerprint density at radius 1 is 1.17 bits per heavy atom. The molecule has 3 heteroatoms. The van der Waals surface area contributed by atoms with E-state index in [-0.39, 0.29) is 0 Å². The van der Waals surface area contributed by atoms with Gasteiger partial charge in [0.25, 0.3) is 0 Å². The lowest BCUT2D eigenvalue weighted by Crippen LogP contribution is -2.01. The lowest BCUT2D eigenvalue weighted by molar-refractivity contribution is 0.299. The molecule has 1 N–H and O–H groups in total. The third-order valence-electron chi connectivity index (χ3n) is 2.77. The zero-order chi connectivity index (χ0) is 13.0. The van der Waals surface area contributed by atoms with Crippen LogP contribution in [-0.2, 0) is 6.61 Å². The molecular formula is C15H18N2O. The number of aromatic nitrogens is 1. The summed E-state index contributed by atoms with van der Waals surface area (Å²) in [5, 5.41) is 3.02. The molecule has 0 saturated heterocycles. The van der Waals surface area contributed by atoms with E-state index in [1.54, 1.807) is 0 Å². The van der Waals surface area contributed by atoms with Crippen molar-refractivity contribution in [3.63, 3.8) is 0 Å². The summed E-state index contributed by atoms with van der Waals surface area (Å²) in [6.07, 6.45) is 0. The van der Waals surface area contributed by atoms with Crippen molar-refractivity contribution in [1.82, 2.24) is 4.98 Å². The third kappa shape index (κ3) is 3.00. The Bertz CT molecular complexity index is 538. The maximum atomic E-state index is 5.79. The first-order valence-corrected chi connectivity index (χ1v) is 6.03. The van der Waals surface area contributed by atoms with E-state index in [1.165, 1.54) is 5.56 Å². The molecule has 0 radical (unpaired) electrons. The molecule has 0 aliphatic carbocycles. The number of ether oxygens (including phenoxy) is 1. The third-order valence-corrected chi connectivity index (χ3v) is 2.77. The summed E-state index contributed by atoms with van der Waals surface area (Å²) in [7, 11) is 1.86. The monoisotopic (exact) mass is 242 g/mol. The van der Waals surface area contributed by atoms with Gasteiger partial charge in [-0.1, -0.05) is 23.8 Å². The standard InChI is InChI=1S/C15H18N2O/c1-11-7-8-14(12(2)9-11)18-10-13-5-4-6-15(16-3)17-13/h4-9H,10H2,1-3H3,(H,16,17). The van der Waals surface area contributed by atoms with Gasteiger partial charge in [-0.3, -0.25) is 0 Å². The molecule has 1 aromatic heterocycles. The Morgan fingerprint density at radius 2 is 2.00 bits per heavy atom. The minimum absolute atomic E-state index is 0.486. The number of anilines is 1. The summed E-state index contributed by atoms with van der Waals surface area (Å²) >= 11 is 0. The molecule has 0 aliphatic rings. The first-order chi connectivity index (χ1) is 8.69. The van der Waals surface area contributed by atoms with Crippen LogP contribution in [-0.4, -0.2) is 12.0 Å². The van der Waals surface area contributed by atoms with E-state index in [9.17, 15) is 0 Å². The fourth-order valence-electron chi connectivity index (χ4n) is 1.81. The first-order valence-electron chi connectivity index (χ1n) is 6.03. The van der Waals surface area contributed by atoms with Gasteiger partial charge in [-0.2, -0.15) is 0 Å². The summed E-state index contributed by atoms with van der Waals surface area (Å²) in [5.74, 6) is 1.77. The van der Waals surface area contributed by atoms with Crippen molar-refractivity contribution in [3.8, 4) is 5.75 Å². The second-order valence-corrected chi connectivity index (χ2v) is 4.32. The quantitative estimate of drug-likeness (QED) is 0.893. The Kier molecular flexibility index (Phi) is 3.82. The van der Waals surface area contributed by atoms with E-state index in [4.69, 9.17) is 4.74 Å². The van der Waals surface area contributed by atoms with E-state index in [1.807, 2.05) is 31.3 Å². The normalized spacial score (nSPS) is 10.2. The highest BCUT2D eigenvalue weighted by Crippen LogP contribution is 2.19. The summed E-state index contributed by atoms with van der Waals surface area (Å²) in [6, 6.07) is 12.0. The molecule has 1 aromatic carbocycles. The van der Waals surface area contributed by atoms with Crippen LogP contribution in [0, 0.1) is 13.8 Å². The van der Waals surface area contributed by atoms with Crippen LogP contribution in [0.4, 0.5) is 5.82 Å². The molecule has 0 fully saturated rings. The Labute approximate surface area is 108 Å². The molecule has 0 atom stereocenters. The van der Waals surface area contributed by atoms with Crippen LogP contribution in [0.15, 0.2) is 36.4 Å². The second kappa shape index (κ2) is 5.54. The first kappa shape index (κ1) is 12.4. The number of hydrogen-bond donors (Lipinski definition) is 1. The van der Waals surface area contributed by atoms with Crippen LogP contribution < -0.4 is 10.1 Å². The summed E-state index contributed by atoms with van der Waals surface area (Å²) < 4.78 is 5.79. The highest BCUT2D eigenvalue weighted by atomic mass is 16.5. The number of hydrogen-bond acceptors (Lipinski definition) is 3. The van der Waals surface area contributed by atoms with Gasteiger partial charge in [0.2, 0.25) is 0 Å². The smallest absolute Gasteiger partial charge is 0.130 e. The van der Waals surface area contributed by atoms with Crippen molar-refractivity contribution in [2.45, 2.75) is 20.5 Å². The molecule has 0 spiro atoms. The minimum Gasteiger partial charge on any atom is -0.487 e. The van der Waals surface area contributed by atoms with Gasteiger partial charge in [0.15, 0.2) is 0 Å². The van der Waals surface area contributed by atoms with Gasteiger partial charge in [-0.15, -0.1) is 0 Å². The number of nitrogens with zero attached hydrogens (tertiary/aromatic N) is 1. The number of benzene rings is 1. The maximum Gasteiger partial charge on any atom is 0.130 e. The average molecular weight is 242 g/mol. The highest BCUT2D eigenvalue weighted by Gasteiger charge is 2.01. The van der Waals surface area contributed by atoms with Gasteiger partial charge < -0.3 is 10.1 Å². The lowest BCUT2D eigenvalue weighted by Gasteiger charge is -2.10.